The second-order valence-corrected chi connectivity index (χ2v) is 6.30. The average Bonchev–Trinajstić information content (AvgIpc) is 2.72. The normalized spacial score (nSPS) is 11.7. The summed E-state index contributed by atoms with van der Waals surface area (Å²) in [7, 11) is 0. The minimum Gasteiger partial charge on any atom is -0.216 e. The van der Waals surface area contributed by atoms with Gasteiger partial charge in [-0.1, -0.05) is 11.8 Å². The minimum absolute atomic E-state index is 0.295. The molecule has 2 aromatic rings. The maximum atomic E-state index is 8.97. The molecule has 0 radical (unpaired) electrons. The van der Waals surface area contributed by atoms with Crippen molar-refractivity contribution in [2.24, 2.45) is 5.41 Å². The van der Waals surface area contributed by atoms with Crippen LogP contribution in [-0.2, 0) is 0 Å². The molecule has 0 spiro atoms. The highest BCUT2D eigenvalue weighted by molar-refractivity contribution is 7.99. The third kappa shape index (κ3) is 3.24. The summed E-state index contributed by atoms with van der Waals surface area (Å²) in [6, 6.07) is 4.28. The summed E-state index contributed by atoms with van der Waals surface area (Å²) in [6.45, 7) is 7.83. The number of nitrogens with zero attached hydrogens (tertiary/aromatic N) is 5. The number of aryl methyl sites for hydroxylation is 2. The van der Waals surface area contributed by atoms with E-state index in [-0.39, 0.29) is 5.41 Å². The first-order valence-corrected chi connectivity index (χ1v) is 7.15. The quantitative estimate of drug-likeness (QED) is 0.803. The van der Waals surface area contributed by atoms with Crippen molar-refractivity contribution >= 4 is 17.5 Å². The molecular formula is C13H17N5S. The molecule has 6 heteroatoms. The number of nitriles is 1. The Labute approximate surface area is 117 Å². The van der Waals surface area contributed by atoms with Crippen LogP contribution in [0.3, 0.4) is 0 Å². The first-order valence-electron chi connectivity index (χ1n) is 6.16. The fourth-order valence-corrected chi connectivity index (χ4v) is 2.74. The summed E-state index contributed by atoms with van der Waals surface area (Å²) in [5.74, 6) is 1.47. The Morgan fingerprint density at radius 3 is 2.79 bits per heavy atom. The molecule has 0 saturated carbocycles. The van der Waals surface area contributed by atoms with Gasteiger partial charge >= 0.3 is 0 Å². The van der Waals surface area contributed by atoms with Crippen molar-refractivity contribution in [2.75, 3.05) is 5.75 Å². The lowest BCUT2D eigenvalue weighted by atomic mass is 9.93. The molecule has 5 nitrogen and oxygen atoms in total. The molecule has 0 atom stereocenters. The molecule has 0 aliphatic carbocycles. The first-order chi connectivity index (χ1) is 8.91. The second kappa shape index (κ2) is 5.17. The van der Waals surface area contributed by atoms with Gasteiger partial charge in [0, 0.05) is 17.1 Å². The molecule has 0 aliphatic heterocycles. The predicted molar refractivity (Wildman–Crippen MR) is 75.0 cm³/mol. The number of fused-ring (bicyclic) bond motifs is 1. The SMILES string of the molecule is Cc1cc(C)n2nc(SCCC(C)(C)C#N)nc2n1. The lowest BCUT2D eigenvalue weighted by molar-refractivity contribution is 0.482. The van der Waals surface area contributed by atoms with Crippen molar-refractivity contribution in [1.29, 1.82) is 5.26 Å². The maximum Gasteiger partial charge on any atom is 0.253 e. The first kappa shape index (κ1) is 13.8. The molecule has 0 aromatic carbocycles. The molecule has 0 saturated heterocycles. The molecule has 0 fully saturated rings. The Balaban J connectivity index is 2.11. The monoisotopic (exact) mass is 275 g/mol. The lowest BCUT2D eigenvalue weighted by Crippen LogP contribution is -2.08. The van der Waals surface area contributed by atoms with Crippen molar-refractivity contribution < 1.29 is 0 Å². The molecule has 0 bridgehead atoms. The molecular weight excluding hydrogens is 258 g/mol. The topological polar surface area (TPSA) is 66.9 Å². The van der Waals surface area contributed by atoms with Gasteiger partial charge < -0.3 is 0 Å². The summed E-state index contributed by atoms with van der Waals surface area (Å²) in [5, 5.41) is 14.1. The van der Waals surface area contributed by atoms with Crippen LogP contribution < -0.4 is 0 Å². The Morgan fingerprint density at radius 2 is 2.11 bits per heavy atom. The summed E-state index contributed by atoms with van der Waals surface area (Å²) >= 11 is 1.57. The highest BCUT2D eigenvalue weighted by Gasteiger charge is 2.17. The van der Waals surface area contributed by atoms with E-state index in [1.165, 1.54) is 0 Å². The third-order valence-corrected chi connectivity index (χ3v) is 3.70. The minimum atomic E-state index is -0.295. The molecule has 100 valence electrons. The van der Waals surface area contributed by atoms with Crippen LogP contribution in [0.1, 0.15) is 31.7 Å². The summed E-state index contributed by atoms with van der Waals surface area (Å²) in [6.07, 6.45) is 0.815. The van der Waals surface area contributed by atoms with E-state index in [0.29, 0.717) is 5.78 Å². The Kier molecular flexibility index (Phi) is 3.76. The van der Waals surface area contributed by atoms with Gasteiger partial charge in [-0.15, -0.1) is 5.10 Å². The highest BCUT2D eigenvalue weighted by atomic mass is 32.2. The van der Waals surface area contributed by atoms with Crippen molar-refractivity contribution in [3.63, 3.8) is 0 Å². The maximum absolute atomic E-state index is 8.97. The summed E-state index contributed by atoms with van der Waals surface area (Å²) in [5.41, 5.74) is 1.68. The smallest absolute Gasteiger partial charge is 0.216 e. The van der Waals surface area contributed by atoms with Gasteiger partial charge in [0.1, 0.15) is 0 Å². The van der Waals surface area contributed by atoms with Gasteiger partial charge in [0.15, 0.2) is 0 Å². The zero-order valence-electron chi connectivity index (χ0n) is 11.6. The number of hydrogen-bond donors (Lipinski definition) is 0. The molecule has 0 N–H and O–H groups in total. The lowest BCUT2D eigenvalue weighted by Gasteiger charge is -2.12. The van der Waals surface area contributed by atoms with Crippen LogP contribution >= 0.6 is 11.8 Å². The summed E-state index contributed by atoms with van der Waals surface area (Å²) in [4.78, 5) is 8.75. The van der Waals surface area contributed by atoms with Crippen LogP contribution in [0.4, 0.5) is 0 Å². The predicted octanol–water partition coefficient (Wildman–Crippen LogP) is 2.77. The summed E-state index contributed by atoms with van der Waals surface area (Å²) < 4.78 is 1.75. The standard InChI is InChI=1S/C13H17N5S/c1-9-7-10(2)18-11(15-9)16-12(17-18)19-6-5-13(3,4)8-14/h7H,5-6H2,1-4H3. The van der Waals surface area contributed by atoms with Crippen LogP contribution in [0.2, 0.25) is 0 Å². The van der Waals surface area contributed by atoms with Gasteiger partial charge in [-0.2, -0.15) is 10.2 Å². The zero-order valence-corrected chi connectivity index (χ0v) is 12.5. The number of thioether (sulfide) groups is 1. The average molecular weight is 275 g/mol. The van der Waals surface area contributed by atoms with Crippen LogP contribution in [0.15, 0.2) is 11.2 Å². The van der Waals surface area contributed by atoms with Crippen molar-refractivity contribution in [3.8, 4) is 6.07 Å². The molecule has 0 aliphatic rings. The van der Waals surface area contributed by atoms with Crippen molar-refractivity contribution in [2.45, 2.75) is 39.3 Å². The molecule has 2 heterocycles. The number of aromatic nitrogens is 4. The molecule has 0 unspecified atom stereocenters. The van der Waals surface area contributed by atoms with Gasteiger partial charge in [-0.25, -0.2) is 9.50 Å². The van der Waals surface area contributed by atoms with E-state index < -0.39 is 0 Å². The fourth-order valence-electron chi connectivity index (χ4n) is 1.66. The Hall–Kier alpha value is -1.61. The third-order valence-electron chi connectivity index (χ3n) is 2.86. The van der Waals surface area contributed by atoms with Crippen molar-refractivity contribution in [1.82, 2.24) is 19.6 Å². The van der Waals surface area contributed by atoms with Gasteiger partial charge in [0.2, 0.25) is 5.16 Å². The van der Waals surface area contributed by atoms with Gasteiger partial charge in [0.25, 0.3) is 5.78 Å². The van der Waals surface area contributed by atoms with Gasteiger partial charge in [0.05, 0.1) is 11.5 Å². The number of hydrogen-bond acceptors (Lipinski definition) is 5. The second-order valence-electron chi connectivity index (χ2n) is 5.24. The van der Waals surface area contributed by atoms with E-state index >= 15 is 0 Å². The zero-order chi connectivity index (χ0) is 14.0. The molecule has 0 amide bonds. The molecule has 19 heavy (non-hydrogen) atoms. The van der Waals surface area contributed by atoms with E-state index in [1.54, 1.807) is 16.3 Å². The molecule has 2 rings (SSSR count). The van der Waals surface area contributed by atoms with E-state index in [0.717, 1.165) is 28.7 Å². The number of rotatable bonds is 4. The van der Waals surface area contributed by atoms with E-state index in [9.17, 15) is 0 Å². The van der Waals surface area contributed by atoms with Gasteiger partial charge in [-0.05, 0) is 40.2 Å². The van der Waals surface area contributed by atoms with Crippen LogP contribution in [-0.4, -0.2) is 25.3 Å². The largest absolute Gasteiger partial charge is 0.253 e. The Bertz CT molecular complexity index is 638. The van der Waals surface area contributed by atoms with E-state index in [4.69, 9.17) is 5.26 Å². The van der Waals surface area contributed by atoms with Gasteiger partial charge in [-0.3, -0.25) is 0 Å². The van der Waals surface area contributed by atoms with Crippen LogP contribution in [0.25, 0.3) is 5.78 Å². The Morgan fingerprint density at radius 1 is 1.37 bits per heavy atom. The van der Waals surface area contributed by atoms with Crippen molar-refractivity contribution in [3.05, 3.63) is 17.5 Å². The fraction of sp³-hybridized carbons (Fsp3) is 0.538. The molecule has 2 aromatic heterocycles. The van der Waals surface area contributed by atoms with E-state index in [1.807, 2.05) is 33.8 Å². The van der Waals surface area contributed by atoms with E-state index in [2.05, 4.69) is 21.1 Å². The van der Waals surface area contributed by atoms with Crippen LogP contribution in [0.5, 0.6) is 0 Å². The highest BCUT2D eigenvalue weighted by Crippen LogP contribution is 2.24. The van der Waals surface area contributed by atoms with Crippen LogP contribution in [0, 0.1) is 30.6 Å².